The first-order valence-corrected chi connectivity index (χ1v) is 13.7. The van der Waals surface area contributed by atoms with Gasteiger partial charge in [-0.3, -0.25) is 9.59 Å². The molecule has 228 valence electrons. The van der Waals surface area contributed by atoms with Crippen molar-refractivity contribution in [1.29, 1.82) is 0 Å². The van der Waals surface area contributed by atoms with Crippen LogP contribution < -0.4 is 15.5 Å². The lowest BCUT2D eigenvalue weighted by molar-refractivity contribution is -0.140. The second kappa shape index (κ2) is 14.7. The van der Waals surface area contributed by atoms with Gasteiger partial charge in [0.25, 0.3) is 5.91 Å². The van der Waals surface area contributed by atoms with Crippen molar-refractivity contribution in [1.82, 2.24) is 15.5 Å². The molecule has 1 unspecified atom stereocenters. The second-order valence-electron chi connectivity index (χ2n) is 10.8. The highest BCUT2D eigenvalue weighted by Gasteiger charge is 2.33. The lowest BCUT2D eigenvalue weighted by Gasteiger charge is -2.24. The van der Waals surface area contributed by atoms with Crippen LogP contribution in [0.25, 0.3) is 0 Å². The molecule has 0 fully saturated rings. The van der Waals surface area contributed by atoms with Crippen LogP contribution in [-0.4, -0.2) is 78.3 Å². The normalized spacial score (nSPS) is 13.6. The molecule has 3 rings (SSSR count). The number of unbranched alkanes of at least 4 members (excludes halogenated alkanes) is 1. The summed E-state index contributed by atoms with van der Waals surface area (Å²) in [5, 5.41) is 14.7. The van der Waals surface area contributed by atoms with E-state index in [1.165, 1.54) is 11.9 Å². The number of aliphatic carboxylic acids is 1. The van der Waals surface area contributed by atoms with Crippen molar-refractivity contribution in [2.24, 2.45) is 0 Å². The van der Waals surface area contributed by atoms with E-state index in [1.54, 1.807) is 63.2 Å². The highest BCUT2D eigenvalue weighted by Crippen LogP contribution is 2.26. The van der Waals surface area contributed by atoms with Gasteiger partial charge in [-0.1, -0.05) is 42.2 Å². The minimum Gasteiger partial charge on any atom is -0.480 e. The number of carbonyl (C=O) groups is 5. The molecule has 12 nitrogen and oxygen atoms in total. The zero-order valence-corrected chi connectivity index (χ0v) is 24.6. The van der Waals surface area contributed by atoms with Crippen molar-refractivity contribution in [3.8, 4) is 11.8 Å². The van der Waals surface area contributed by atoms with E-state index in [-0.39, 0.29) is 18.7 Å². The minimum atomic E-state index is -1.52. The smallest absolute Gasteiger partial charge is 0.408 e. The van der Waals surface area contributed by atoms with Crippen LogP contribution in [0.15, 0.2) is 48.5 Å². The molecule has 43 heavy (non-hydrogen) atoms. The molecule has 2 aromatic rings. The van der Waals surface area contributed by atoms with Crippen LogP contribution in [0.2, 0.25) is 0 Å². The highest BCUT2D eigenvalue weighted by atomic mass is 16.6. The Morgan fingerprint density at radius 2 is 1.79 bits per heavy atom. The molecule has 1 heterocycles. The lowest BCUT2D eigenvalue weighted by Crippen LogP contribution is -2.51. The first-order chi connectivity index (χ1) is 20.3. The second-order valence-corrected chi connectivity index (χ2v) is 10.8. The summed E-state index contributed by atoms with van der Waals surface area (Å²) in [5.41, 5.74) is 1.18. The highest BCUT2D eigenvalue weighted by molar-refractivity contribution is 6.09. The largest absolute Gasteiger partial charge is 0.480 e. The van der Waals surface area contributed by atoms with Crippen LogP contribution >= 0.6 is 0 Å². The van der Waals surface area contributed by atoms with Crippen LogP contribution in [0.4, 0.5) is 15.3 Å². The maximum absolute atomic E-state index is 13.5. The molecule has 0 bridgehead atoms. The summed E-state index contributed by atoms with van der Waals surface area (Å²) in [6.07, 6.45) is -0.422. The number of ether oxygens (including phenoxy) is 2. The van der Waals surface area contributed by atoms with Gasteiger partial charge in [-0.15, -0.1) is 0 Å². The summed E-state index contributed by atoms with van der Waals surface area (Å²) in [6, 6.07) is 12.2. The average molecular weight is 593 g/mol. The zero-order valence-electron chi connectivity index (χ0n) is 24.6. The van der Waals surface area contributed by atoms with E-state index in [9.17, 15) is 29.1 Å². The van der Waals surface area contributed by atoms with Gasteiger partial charge in [0.2, 0.25) is 5.91 Å². The molecule has 1 atom stereocenters. The summed E-state index contributed by atoms with van der Waals surface area (Å²) < 4.78 is 10.3. The molecule has 12 heteroatoms. The number of carboxylic acids is 1. The predicted molar refractivity (Wildman–Crippen MR) is 157 cm³/mol. The summed E-state index contributed by atoms with van der Waals surface area (Å²) in [4.78, 5) is 64.8. The number of carbonyl (C=O) groups excluding carboxylic acids is 4. The first kappa shape index (κ1) is 32.5. The Kier molecular flexibility index (Phi) is 11.1. The quantitative estimate of drug-likeness (QED) is 0.296. The van der Waals surface area contributed by atoms with Crippen LogP contribution in [0.1, 0.15) is 55.1 Å². The van der Waals surface area contributed by atoms with E-state index in [2.05, 4.69) is 22.5 Å². The minimum absolute atomic E-state index is 0.0671. The molecule has 0 saturated heterocycles. The Hall–Kier alpha value is -5.05. The maximum atomic E-state index is 13.5. The van der Waals surface area contributed by atoms with Crippen molar-refractivity contribution in [2.75, 3.05) is 31.6 Å². The number of anilines is 1. The van der Waals surface area contributed by atoms with E-state index in [4.69, 9.17) is 9.47 Å². The lowest BCUT2D eigenvalue weighted by atomic mass is 10.1. The fourth-order valence-corrected chi connectivity index (χ4v) is 4.03. The van der Waals surface area contributed by atoms with Crippen LogP contribution in [0.3, 0.4) is 0 Å². The third kappa shape index (κ3) is 10.1. The number of rotatable bonds is 9. The number of hydrogen-bond donors (Lipinski definition) is 3. The molecule has 0 aromatic heterocycles. The number of benzene rings is 2. The van der Waals surface area contributed by atoms with E-state index in [1.807, 2.05) is 6.07 Å². The predicted octanol–water partition coefficient (Wildman–Crippen LogP) is 3.14. The molecule has 0 spiro atoms. The third-order valence-corrected chi connectivity index (χ3v) is 6.16. The Bertz CT molecular complexity index is 1410. The van der Waals surface area contributed by atoms with Gasteiger partial charge in [-0.05, 0) is 51.0 Å². The van der Waals surface area contributed by atoms with Crippen molar-refractivity contribution in [2.45, 2.75) is 51.9 Å². The molecule has 2 aromatic carbocycles. The summed E-state index contributed by atoms with van der Waals surface area (Å²) in [7, 11) is 1.52. The Morgan fingerprint density at radius 3 is 2.47 bits per heavy atom. The van der Waals surface area contributed by atoms with E-state index in [0.717, 1.165) is 4.90 Å². The molecular formula is C31H36N4O8. The molecule has 1 aliphatic heterocycles. The van der Waals surface area contributed by atoms with Crippen LogP contribution in [-0.2, 0) is 25.7 Å². The van der Waals surface area contributed by atoms with Gasteiger partial charge in [0.05, 0.1) is 17.8 Å². The van der Waals surface area contributed by atoms with Crippen molar-refractivity contribution in [3.05, 3.63) is 65.2 Å². The van der Waals surface area contributed by atoms with E-state index < -0.39 is 48.2 Å². The summed E-state index contributed by atoms with van der Waals surface area (Å²) >= 11 is 0. The molecule has 0 saturated carbocycles. The monoisotopic (exact) mass is 592 g/mol. The van der Waals surface area contributed by atoms with Gasteiger partial charge in [-0.25, -0.2) is 14.4 Å². The van der Waals surface area contributed by atoms with Crippen molar-refractivity contribution in [3.63, 3.8) is 0 Å². The number of hydrogen-bond acceptors (Lipinski definition) is 7. The fourth-order valence-electron chi connectivity index (χ4n) is 4.03. The summed E-state index contributed by atoms with van der Waals surface area (Å²) in [6.45, 7) is 4.80. The molecule has 3 N–H and O–H groups in total. The van der Waals surface area contributed by atoms with Crippen molar-refractivity contribution >= 4 is 35.7 Å². The van der Waals surface area contributed by atoms with Crippen molar-refractivity contribution < 1.29 is 38.6 Å². The Balaban J connectivity index is 1.65. The van der Waals surface area contributed by atoms with E-state index >= 15 is 0 Å². The van der Waals surface area contributed by atoms with Gasteiger partial charge < -0.3 is 35.0 Å². The number of amides is 4. The van der Waals surface area contributed by atoms with Gasteiger partial charge in [-0.2, -0.15) is 0 Å². The first-order valence-electron chi connectivity index (χ1n) is 13.7. The van der Waals surface area contributed by atoms with E-state index in [0.29, 0.717) is 36.2 Å². The average Bonchev–Trinajstić information content (AvgIpc) is 3.03. The molecule has 1 aliphatic rings. The molecule has 4 amide bonds. The van der Waals surface area contributed by atoms with Gasteiger partial charge in [0.1, 0.15) is 24.8 Å². The third-order valence-electron chi connectivity index (χ3n) is 6.16. The maximum Gasteiger partial charge on any atom is 0.408 e. The number of nitrogens with one attached hydrogen (secondary N) is 2. The molecule has 0 radical (unpaired) electrons. The molecule has 0 aliphatic carbocycles. The van der Waals surface area contributed by atoms with Gasteiger partial charge in [0.15, 0.2) is 0 Å². The number of nitrogens with zero attached hydrogens (tertiary/aromatic N) is 2. The fraction of sp³-hybridized carbons (Fsp3) is 0.387. The Labute approximate surface area is 250 Å². The number of likely N-dealkylation sites (N-methyl/N-ethyl adjacent to an activating group) is 1. The molecular weight excluding hydrogens is 556 g/mol. The summed E-state index contributed by atoms with van der Waals surface area (Å²) in [5.74, 6) is 3.57. The topological polar surface area (TPSA) is 155 Å². The Morgan fingerprint density at radius 1 is 1.07 bits per heavy atom. The van der Waals surface area contributed by atoms with Crippen LogP contribution in [0, 0.1) is 11.8 Å². The number of carboxylic acid groups (broad SMARTS) is 1. The zero-order chi connectivity index (χ0) is 31.6. The number of alkyl carbamates (subject to hydrolysis) is 2. The SMILES string of the molecule is CN1C(=O)CN(CC(NC(=O)OCc2ccccc2)C(=O)O)C(=O)c2cc(C#CCCCNC(=O)OC(C)(C)C)ccc21. The van der Waals surface area contributed by atoms with Gasteiger partial charge in [0, 0.05) is 25.6 Å². The standard InChI is InChI=1S/C31H36N4O8/c1-31(2,3)43-29(40)32-16-10-6-9-11-21-14-15-25-23(17-21)27(37)35(19-26(36)34(25)4)18-24(28(38)39)33-30(41)42-20-22-12-7-5-8-13-22/h5,7-8,12-15,17,24H,6,10,16,18-20H2,1-4H3,(H,32,40)(H,33,41)(H,38,39). The van der Waals surface area contributed by atoms with Crippen LogP contribution in [0.5, 0.6) is 0 Å². The number of fused-ring (bicyclic) bond motifs is 1. The van der Waals surface area contributed by atoms with Gasteiger partial charge >= 0.3 is 18.2 Å².